The van der Waals surface area contributed by atoms with Gasteiger partial charge < -0.3 is 10.2 Å². The van der Waals surface area contributed by atoms with E-state index in [4.69, 9.17) is 0 Å². The Kier molecular flexibility index (Phi) is 4.62. The molecule has 110 valence electrons. The molecule has 1 N–H and O–H groups in total. The number of para-hydroxylation sites is 1. The van der Waals surface area contributed by atoms with Gasteiger partial charge in [-0.15, -0.1) is 0 Å². The van der Waals surface area contributed by atoms with Crippen LogP contribution in [0.5, 0.6) is 0 Å². The lowest BCUT2D eigenvalue weighted by molar-refractivity contribution is 0.464. The fraction of sp³-hybridized carbons (Fsp3) is 0.667. The average molecular weight is 272 g/mol. The van der Waals surface area contributed by atoms with Crippen LogP contribution in [0.2, 0.25) is 0 Å². The van der Waals surface area contributed by atoms with Crippen molar-refractivity contribution in [1.82, 2.24) is 5.32 Å². The Balaban J connectivity index is 1.68. The van der Waals surface area contributed by atoms with E-state index in [1.54, 1.807) is 0 Å². The number of hydrogen-bond acceptors (Lipinski definition) is 2. The summed E-state index contributed by atoms with van der Waals surface area (Å²) in [6.07, 6.45) is 8.26. The molecule has 2 heteroatoms. The third kappa shape index (κ3) is 3.35. The van der Waals surface area contributed by atoms with Gasteiger partial charge in [-0.1, -0.05) is 44.4 Å². The monoisotopic (exact) mass is 272 g/mol. The van der Waals surface area contributed by atoms with Gasteiger partial charge in [-0.3, -0.25) is 0 Å². The van der Waals surface area contributed by atoms with Gasteiger partial charge in [-0.2, -0.15) is 0 Å². The Labute approximate surface area is 123 Å². The number of fused-ring (bicyclic) bond motifs is 1. The zero-order valence-corrected chi connectivity index (χ0v) is 12.8. The van der Waals surface area contributed by atoms with E-state index in [0.29, 0.717) is 6.04 Å². The van der Waals surface area contributed by atoms with Crippen LogP contribution < -0.4 is 10.2 Å². The lowest BCUT2D eigenvalue weighted by Crippen LogP contribution is -2.40. The molecule has 1 unspecified atom stereocenters. The van der Waals surface area contributed by atoms with Gasteiger partial charge in [0.15, 0.2) is 0 Å². The second-order valence-corrected chi connectivity index (χ2v) is 6.46. The Hall–Kier alpha value is -1.02. The van der Waals surface area contributed by atoms with E-state index in [1.165, 1.54) is 62.9 Å². The molecule has 0 bridgehead atoms. The van der Waals surface area contributed by atoms with E-state index in [9.17, 15) is 0 Å². The molecule has 1 fully saturated rings. The Bertz CT molecular complexity index is 425. The number of nitrogens with one attached hydrogen (secondary N) is 1. The second-order valence-electron chi connectivity index (χ2n) is 6.46. The smallest absolute Gasteiger partial charge is 0.0412 e. The third-order valence-electron chi connectivity index (χ3n) is 4.78. The zero-order chi connectivity index (χ0) is 13.8. The summed E-state index contributed by atoms with van der Waals surface area (Å²) in [6, 6.07) is 9.67. The molecule has 1 atom stereocenters. The summed E-state index contributed by atoms with van der Waals surface area (Å²) >= 11 is 0. The first-order chi connectivity index (χ1) is 9.88. The van der Waals surface area contributed by atoms with Crippen molar-refractivity contribution in [3.8, 4) is 0 Å². The molecule has 20 heavy (non-hydrogen) atoms. The minimum absolute atomic E-state index is 0.702. The van der Waals surface area contributed by atoms with Crippen LogP contribution in [0.3, 0.4) is 0 Å². The van der Waals surface area contributed by atoms with Crippen molar-refractivity contribution < 1.29 is 0 Å². The maximum Gasteiger partial charge on any atom is 0.0412 e. The Morgan fingerprint density at radius 1 is 1.15 bits per heavy atom. The highest BCUT2D eigenvalue weighted by atomic mass is 15.2. The standard InChI is InChI=1S/C18H28N2/c1-2-3-4-7-12-20-14-17(15-10-11-15)19-13-16-8-5-6-9-18(16)20/h5-6,8-9,15,17,19H,2-4,7,10-14H2,1H3. The minimum Gasteiger partial charge on any atom is -0.370 e. The van der Waals surface area contributed by atoms with E-state index in [1.807, 2.05) is 0 Å². The molecule has 1 heterocycles. The number of unbranched alkanes of at least 4 members (excludes halogenated alkanes) is 3. The SMILES string of the molecule is CCCCCCN1CC(C2CC2)NCc2ccccc21. The Morgan fingerprint density at radius 2 is 2.00 bits per heavy atom. The molecule has 2 aliphatic rings. The highest BCUT2D eigenvalue weighted by Gasteiger charge is 2.33. The van der Waals surface area contributed by atoms with Crippen molar-refractivity contribution in [2.24, 2.45) is 5.92 Å². The van der Waals surface area contributed by atoms with Gasteiger partial charge >= 0.3 is 0 Å². The molecule has 0 amide bonds. The van der Waals surface area contributed by atoms with Crippen molar-refractivity contribution in [3.63, 3.8) is 0 Å². The summed E-state index contributed by atoms with van der Waals surface area (Å²) in [6.45, 7) is 5.76. The van der Waals surface area contributed by atoms with E-state index >= 15 is 0 Å². The lowest BCUT2D eigenvalue weighted by Gasteiger charge is -2.28. The summed E-state index contributed by atoms with van der Waals surface area (Å²) < 4.78 is 0. The quantitative estimate of drug-likeness (QED) is 0.789. The van der Waals surface area contributed by atoms with Crippen LogP contribution in [-0.4, -0.2) is 19.1 Å². The summed E-state index contributed by atoms with van der Waals surface area (Å²) in [5.41, 5.74) is 2.95. The average Bonchev–Trinajstić information content (AvgIpc) is 3.30. The van der Waals surface area contributed by atoms with Gasteiger partial charge in [0, 0.05) is 31.4 Å². The highest BCUT2D eigenvalue weighted by Crippen LogP contribution is 2.35. The van der Waals surface area contributed by atoms with E-state index in [2.05, 4.69) is 41.4 Å². The highest BCUT2D eigenvalue weighted by molar-refractivity contribution is 5.54. The van der Waals surface area contributed by atoms with Crippen LogP contribution in [0.4, 0.5) is 5.69 Å². The topological polar surface area (TPSA) is 15.3 Å². The molecule has 3 rings (SSSR count). The molecule has 0 saturated heterocycles. The van der Waals surface area contributed by atoms with Gasteiger partial charge in [0.2, 0.25) is 0 Å². The van der Waals surface area contributed by atoms with Crippen LogP contribution in [0, 0.1) is 5.92 Å². The molecule has 0 spiro atoms. The molecule has 0 aromatic heterocycles. The minimum atomic E-state index is 0.702. The first kappa shape index (κ1) is 13.9. The van der Waals surface area contributed by atoms with Gasteiger partial charge in [0.1, 0.15) is 0 Å². The molecule has 0 radical (unpaired) electrons. The predicted molar refractivity (Wildman–Crippen MR) is 86.1 cm³/mol. The number of rotatable bonds is 6. The van der Waals surface area contributed by atoms with Gasteiger partial charge in [0.05, 0.1) is 0 Å². The first-order valence-corrected chi connectivity index (χ1v) is 8.44. The predicted octanol–water partition coefficient (Wildman–Crippen LogP) is 3.96. The van der Waals surface area contributed by atoms with Crippen molar-refractivity contribution in [1.29, 1.82) is 0 Å². The zero-order valence-electron chi connectivity index (χ0n) is 12.8. The van der Waals surface area contributed by atoms with E-state index in [0.717, 1.165) is 12.5 Å². The van der Waals surface area contributed by atoms with Gasteiger partial charge in [0.25, 0.3) is 0 Å². The van der Waals surface area contributed by atoms with Crippen LogP contribution in [0.1, 0.15) is 51.0 Å². The summed E-state index contributed by atoms with van der Waals surface area (Å²) in [5, 5.41) is 3.79. The van der Waals surface area contributed by atoms with E-state index < -0.39 is 0 Å². The van der Waals surface area contributed by atoms with Crippen molar-refractivity contribution >= 4 is 5.69 Å². The summed E-state index contributed by atoms with van der Waals surface area (Å²) in [5.74, 6) is 0.933. The van der Waals surface area contributed by atoms with Crippen LogP contribution in [0.25, 0.3) is 0 Å². The molecular formula is C18H28N2. The molecule has 1 aliphatic heterocycles. The number of nitrogens with zero attached hydrogens (tertiary/aromatic N) is 1. The molecule has 1 aliphatic carbocycles. The van der Waals surface area contributed by atoms with Crippen LogP contribution in [-0.2, 0) is 6.54 Å². The van der Waals surface area contributed by atoms with Crippen LogP contribution >= 0.6 is 0 Å². The molecular weight excluding hydrogens is 244 g/mol. The maximum atomic E-state index is 3.79. The Morgan fingerprint density at radius 3 is 2.80 bits per heavy atom. The van der Waals surface area contributed by atoms with Crippen molar-refractivity contribution in [3.05, 3.63) is 29.8 Å². The fourth-order valence-corrected chi connectivity index (χ4v) is 3.37. The molecule has 1 aromatic carbocycles. The lowest BCUT2D eigenvalue weighted by atomic mass is 10.1. The number of benzene rings is 1. The largest absolute Gasteiger partial charge is 0.370 e. The van der Waals surface area contributed by atoms with Crippen LogP contribution in [0.15, 0.2) is 24.3 Å². The van der Waals surface area contributed by atoms with Crippen molar-refractivity contribution in [2.75, 3.05) is 18.0 Å². The van der Waals surface area contributed by atoms with E-state index in [-0.39, 0.29) is 0 Å². The molecule has 1 saturated carbocycles. The number of anilines is 1. The first-order valence-electron chi connectivity index (χ1n) is 8.44. The third-order valence-corrected chi connectivity index (χ3v) is 4.78. The summed E-state index contributed by atoms with van der Waals surface area (Å²) in [4.78, 5) is 2.65. The van der Waals surface area contributed by atoms with Crippen molar-refractivity contribution in [2.45, 2.75) is 58.0 Å². The van der Waals surface area contributed by atoms with Gasteiger partial charge in [-0.25, -0.2) is 0 Å². The maximum absolute atomic E-state index is 3.79. The summed E-state index contributed by atoms with van der Waals surface area (Å²) in [7, 11) is 0. The van der Waals surface area contributed by atoms with Gasteiger partial charge in [-0.05, 0) is 36.8 Å². The molecule has 1 aromatic rings. The normalized spacial score (nSPS) is 22.4. The number of hydrogen-bond donors (Lipinski definition) is 1. The second kappa shape index (κ2) is 6.62. The fourth-order valence-electron chi connectivity index (χ4n) is 3.37. The molecule has 2 nitrogen and oxygen atoms in total.